The third kappa shape index (κ3) is 2.66. The molecule has 0 spiro atoms. The fourth-order valence-corrected chi connectivity index (χ4v) is 2.28. The quantitative estimate of drug-likeness (QED) is 0.800. The van der Waals surface area contributed by atoms with Crippen LogP contribution in [0, 0.1) is 12.8 Å². The monoisotopic (exact) mass is 236 g/mol. The van der Waals surface area contributed by atoms with Crippen molar-refractivity contribution in [3.05, 3.63) is 11.9 Å². The molecule has 5 heteroatoms. The highest BCUT2D eigenvalue weighted by Crippen LogP contribution is 2.30. The summed E-state index contributed by atoms with van der Waals surface area (Å²) in [4.78, 5) is 10.6. The number of hydrogen-bond donors (Lipinski definition) is 2. The van der Waals surface area contributed by atoms with Crippen molar-refractivity contribution < 1.29 is 5.11 Å². The van der Waals surface area contributed by atoms with Crippen molar-refractivity contribution >= 4 is 11.6 Å². The average molecular weight is 236 g/mol. The Morgan fingerprint density at radius 3 is 2.71 bits per heavy atom. The maximum atomic E-state index is 10.0. The largest absolute Gasteiger partial charge is 0.390 e. The summed E-state index contributed by atoms with van der Waals surface area (Å²) >= 11 is 0. The molecule has 1 aliphatic heterocycles. The van der Waals surface area contributed by atoms with Crippen molar-refractivity contribution in [2.45, 2.75) is 32.8 Å². The lowest BCUT2D eigenvalue weighted by Gasteiger charge is -2.26. The highest BCUT2D eigenvalue weighted by molar-refractivity contribution is 5.47. The SMILES string of the molecule is Cc1nc(N)cc(N2CC[C@@H](C(C)(C)O)C2)n1. The van der Waals surface area contributed by atoms with Gasteiger partial charge in [-0.2, -0.15) is 0 Å². The van der Waals surface area contributed by atoms with Gasteiger partial charge in [-0.3, -0.25) is 0 Å². The minimum Gasteiger partial charge on any atom is -0.390 e. The lowest BCUT2D eigenvalue weighted by atomic mass is 9.90. The van der Waals surface area contributed by atoms with Crippen LogP contribution in [-0.2, 0) is 0 Å². The van der Waals surface area contributed by atoms with Gasteiger partial charge in [0.05, 0.1) is 5.60 Å². The first kappa shape index (κ1) is 12.1. The predicted octanol–water partition coefficient (Wildman–Crippen LogP) is 0.964. The van der Waals surface area contributed by atoms with E-state index in [0.717, 1.165) is 25.3 Å². The van der Waals surface area contributed by atoms with E-state index in [2.05, 4.69) is 14.9 Å². The summed E-state index contributed by atoms with van der Waals surface area (Å²) in [6.45, 7) is 7.29. The van der Waals surface area contributed by atoms with Crippen LogP contribution in [0.1, 0.15) is 26.1 Å². The number of hydrogen-bond acceptors (Lipinski definition) is 5. The molecule has 0 aromatic carbocycles. The van der Waals surface area contributed by atoms with Crippen LogP contribution < -0.4 is 10.6 Å². The number of aryl methyl sites for hydroxylation is 1. The Morgan fingerprint density at radius 1 is 1.47 bits per heavy atom. The molecule has 1 aromatic heterocycles. The topological polar surface area (TPSA) is 75.3 Å². The smallest absolute Gasteiger partial charge is 0.134 e. The molecule has 1 aromatic rings. The summed E-state index contributed by atoms with van der Waals surface area (Å²) < 4.78 is 0. The molecule has 17 heavy (non-hydrogen) atoms. The summed E-state index contributed by atoms with van der Waals surface area (Å²) in [6.07, 6.45) is 0.979. The van der Waals surface area contributed by atoms with E-state index in [0.29, 0.717) is 11.6 Å². The molecule has 5 nitrogen and oxygen atoms in total. The number of anilines is 2. The fraction of sp³-hybridized carbons (Fsp3) is 0.667. The second kappa shape index (κ2) is 4.14. The van der Waals surface area contributed by atoms with E-state index in [9.17, 15) is 5.11 Å². The first-order valence-corrected chi connectivity index (χ1v) is 5.95. The second-order valence-electron chi connectivity index (χ2n) is 5.28. The molecular weight excluding hydrogens is 216 g/mol. The van der Waals surface area contributed by atoms with E-state index >= 15 is 0 Å². The molecule has 1 aliphatic rings. The Bertz CT molecular complexity index is 393. The Morgan fingerprint density at radius 2 is 2.18 bits per heavy atom. The number of nitrogens with zero attached hydrogens (tertiary/aromatic N) is 3. The summed E-state index contributed by atoms with van der Waals surface area (Å²) in [7, 11) is 0. The average Bonchev–Trinajstić information content (AvgIpc) is 2.63. The Kier molecular flexibility index (Phi) is 2.95. The maximum absolute atomic E-state index is 10.0. The predicted molar refractivity (Wildman–Crippen MR) is 67.8 cm³/mol. The van der Waals surface area contributed by atoms with E-state index < -0.39 is 5.60 Å². The highest BCUT2D eigenvalue weighted by Gasteiger charge is 2.34. The molecule has 0 bridgehead atoms. The van der Waals surface area contributed by atoms with Crippen LogP contribution in [0.5, 0.6) is 0 Å². The highest BCUT2D eigenvalue weighted by atomic mass is 16.3. The van der Waals surface area contributed by atoms with Crippen LogP contribution in [-0.4, -0.2) is 33.8 Å². The van der Waals surface area contributed by atoms with Gasteiger partial charge in [-0.15, -0.1) is 0 Å². The van der Waals surface area contributed by atoms with E-state index in [-0.39, 0.29) is 5.92 Å². The molecule has 1 fully saturated rings. The van der Waals surface area contributed by atoms with Gasteiger partial charge in [0.1, 0.15) is 17.5 Å². The van der Waals surface area contributed by atoms with Crippen LogP contribution in [0.4, 0.5) is 11.6 Å². The van der Waals surface area contributed by atoms with Crippen molar-refractivity contribution in [1.82, 2.24) is 9.97 Å². The molecule has 0 amide bonds. The van der Waals surface area contributed by atoms with Crippen molar-refractivity contribution in [2.75, 3.05) is 23.7 Å². The number of aliphatic hydroxyl groups is 1. The normalized spacial score (nSPS) is 20.9. The number of aromatic nitrogens is 2. The molecular formula is C12H20N4O. The first-order valence-electron chi connectivity index (χ1n) is 5.95. The first-order chi connectivity index (χ1) is 7.86. The van der Waals surface area contributed by atoms with Crippen molar-refractivity contribution in [3.8, 4) is 0 Å². The van der Waals surface area contributed by atoms with Crippen LogP contribution in [0.3, 0.4) is 0 Å². The lowest BCUT2D eigenvalue weighted by Crippen LogP contribution is -2.33. The zero-order valence-corrected chi connectivity index (χ0v) is 10.6. The third-order valence-electron chi connectivity index (χ3n) is 3.36. The van der Waals surface area contributed by atoms with E-state index in [1.54, 1.807) is 6.07 Å². The minimum atomic E-state index is -0.637. The molecule has 94 valence electrons. The molecule has 2 heterocycles. The molecule has 0 unspecified atom stereocenters. The zero-order valence-electron chi connectivity index (χ0n) is 10.6. The summed E-state index contributed by atoms with van der Waals surface area (Å²) in [5.74, 6) is 2.33. The van der Waals surface area contributed by atoms with Gasteiger partial charge in [0.2, 0.25) is 0 Å². The Balaban J connectivity index is 2.15. The Hall–Kier alpha value is -1.36. The van der Waals surface area contributed by atoms with Gasteiger partial charge in [-0.05, 0) is 27.2 Å². The van der Waals surface area contributed by atoms with Gasteiger partial charge >= 0.3 is 0 Å². The molecule has 1 atom stereocenters. The summed E-state index contributed by atoms with van der Waals surface area (Å²) in [6, 6.07) is 1.79. The van der Waals surface area contributed by atoms with E-state index in [4.69, 9.17) is 5.73 Å². The summed E-state index contributed by atoms with van der Waals surface area (Å²) in [5.41, 5.74) is 5.08. The molecule has 1 saturated heterocycles. The maximum Gasteiger partial charge on any atom is 0.134 e. The molecule has 0 aliphatic carbocycles. The van der Waals surface area contributed by atoms with Crippen LogP contribution in [0.2, 0.25) is 0 Å². The van der Waals surface area contributed by atoms with Gasteiger partial charge in [-0.1, -0.05) is 0 Å². The molecule has 0 saturated carbocycles. The second-order valence-corrected chi connectivity index (χ2v) is 5.28. The third-order valence-corrected chi connectivity index (χ3v) is 3.36. The van der Waals surface area contributed by atoms with Crippen LogP contribution in [0.15, 0.2) is 6.07 Å². The number of nitrogens with two attached hydrogens (primary N) is 1. The van der Waals surface area contributed by atoms with Gasteiger partial charge in [0.25, 0.3) is 0 Å². The van der Waals surface area contributed by atoms with Gasteiger partial charge in [0.15, 0.2) is 0 Å². The fourth-order valence-electron chi connectivity index (χ4n) is 2.28. The van der Waals surface area contributed by atoms with Gasteiger partial charge in [0, 0.05) is 25.1 Å². The van der Waals surface area contributed by atoms with Crippen molar-refractivity contribution in [1.29, 1.82) is 0 Å². The van der Waals surface area contributed by atoms with E-state index in [1.807, 2.05) is 20.8 Å². The van der Waals surface area contributed by atoms with Crippen LogP contribution >= 0.6 is 0 Å². The summed E-state index contributed by atoms with van der Waals surface area (Å²) in [5, 5.41) is 10.0. The standard InChI is InChI=1S/C12H20N4O/c1-8-14-10(13)6-11(15-8)16-5-4-9(7-16)12(2,3)17/h6,9,17H,4-5,7H2,1-3H3,(H2,13,14,15)/t9-/m1/s1. The molecule has 2 rings (SSSR count). The van der Waals surface area contributed by atoms with Crippen molar-refractivity contribution in [3.63, 3.8) is 0 Å². The van der Waals surface area contributed by atoms with Crippen molar-refractivity contribution in [2.24, 2.45) is 5.92 Å². The van der Waals surface area contributed by atoms with Gasteiger partial charge in [-0.25, -0.2) is 9.97 Å². The zero-order chi connectivity index (χ0) is 12.6. The molecule has 0 radical (unpaired) electrons. The number of rotatable bonds is 2. The minimum absolute atomic E-state index is 0.277. The lowest BCUT2D eigenvalue weighted by molar-refractivity contribution is 0.0263. The Labute approximate surface area is 102 Å². The van der Waals surface area contributed by atoms with E-state index in [1.165, 1.54) is 0 Å². The van der Waals surface area contributed by atoms with Gasteiger partial charge < -0.3 is 15.7 Å². The van der Waals surface area contributed by atoms with Crippen LogP contribution in [0.25, 0.3) is 0 Å². The number of nitrogen functional groups attached to an aromatic ring is 1. The molecule has 3 N–H and O–H groups in total.